The molecular formula is C13H23N3. The van der Waals surface area contributed by atoms with E-state index in [1.807, 2.05) is 12.4 Å². The number of rotatable bonds is 7. The van der Waals surface area contributed by atoms with Crippen LogP contribution in [0.3, 0.4) is 0 Å². The van der Waals surface area contributed by atoms with Crippen LogP contribution in [-0.2, 0) is 13.0 Å². The Morgan fingerprint density at radius 3 is 3.00 bits per heavy atom. The summed E-state index contributed by atoms with van der Waals surface area (Å²) in [5.41, 5.74) is 1.40. The fraction of sp³-hybridized carbons (Fsp3) is 0.615. The van der Waals surface area contributed by atoms with Crippen molar-refractivity contribution < 1.29 is 0 Å². The van der Waals surface area contributed by atoms with Gasteiger partial charge in [0, 0.05) is 25.4 Å². The average Bonchev–Trinajstić information content (AvgIpc) is 2.71. The summed E-state index contributed by atoms with van der Waals surface area (Å²) in [4.78, 5) is 4.38. The first-order valence-electron chi connectivity index (χ1n) is 6.14. The van der Waals surface area contributed by atoms with Gasteiger partial charge in [-0.05, 0) is 33.4 Å². The van der Waals surface area contributed by atoms with E-state index in [1.165, 1.54) is 11.4 Å². The van der Waals surface area contributed by atoms with Crippen LogP contribution in [0.2, 0.25) is 0 Å². The fourth-order valence-electron chi connectivity index (χ4n) is 1.71. The van der Waals surface area contributed by atoms with Crippen LogP contribution in [0.5, 0.6) is 0 Å². The summed E-state index contributed by atoms with van der Waals surface area (Å²) in [5.74, 6) is 1.17. The van der Waals surface area contributed by atoms with Crippen molar-refractivity contribution in [3.63, 3.8) is 0 Å². The third-order valence-corrected chi connectivity index (χ3v) is 2.64. The highest BCUT2D eigenvalue weighted by Crippen LogP contribution is 2.06. The molecule has 0 fully saturated rings. The molecule has 0 atom stereocenters. The molecule has 0 saturated heterocycles. The van der Waals surface area contributed by atoms with E-state index >= 15 is 0 Å². The van der Waals surface area contributed by atoms with Crippen LogP contribution < -0.4 is 5.32 Å². The highest BCUT2D eigenvalue weighted by Gasteiger charge is 2.01. The molecule has 3 nitrogen and oxygen atoms in total. The number of hydrogen-bond acceptors (Lipinski definition) is 2. The van der Waals surface area contributed by atoms with Gasteiger partial charge in [0.15, 0.2) is 0 Å². The maximum absolute atomic E-state index is 4.38. The van der Waals surface area contributed by atoms with Crippen molar-refractivity contribution in [3.8, 4) is 0 Å². The van der Waals surface area contributed by atoms with Crippen LogP contribution in [0.15, 0.2) is 24.0 Å². The third kappa shape index (κ3) is 4.19. The van der Waals surface area contributed by atoms with Crippen molar-refractivity contribution in [2.75, 3.05) is 13.1 Å². The lowest BCUT2D eigenvalue weighted by atomic mass is 10.1. The van der Waals surface area contributed by atoms with Gasteiger partial charge in [-0.3, -0.25) is 0 Å². The van der Waals surface area contributed by atoms with Crippen LogP contribution >= 0.6 is 0 Å². The molecule has 0 radical (unpaired) electrons. The van der Waals surface area contributed by atoms with Gasteiger partial charge < -0.3 is 9.88 Å². The zero-order valence-electron chi connectivity index (χ0n) is 10.7. The minimum absolute atomic E-state index is 0.965. The molecule has 1 rings (SSSR count). The second-order valence-corrected chi connectivity index (χ2v) is 4.00. The molecular weight excluding hydrogens is 198 g/mol. The van der Waals surface area contributed by atoms with Crippen LogP contribution in [0, 0.1) is 0 Å². The molecule has 0 bridgehead atoms. The SMILES string of the molecule is CCNCCC=C(C)Cc1nccn1CC. The number of aryl methyl sites for hydroxylation is 1. The average molecular weight is 221 g/mol. The van der Waals surface area contributed by atoms with E-state index < -0.39 is 0 Å². The Kier molecular flexibility index (Phi) is 5.86. The van der Waals surface area contributed by atoms with E-state index in [1.54, 1.807) is 0 Å². The van der Waals surface area contributed by atoms with Gasteiger partial charge in [0.25, 0.3) is 0 Å². The standard InChI is InChI=1S/C13H23N3/c1-4-14-8-6-7-12(3)11-13-15-9-10-16(13)5-2/h7,9-10,14H,4-6,8,11H2,1-3H3. The van der Waals surface area contributed by atoms with Gasteiger partial charge in [-0.1, -0.05) is 18.6 Å². The summed E-state index contributed by atoms with van der Waals surface area (Å²) in [5, 5.41) is 3.32. The fourth-order valence-corrected chi connectivity index (χ4v) is 1.71. The molecule has 1 N–H and O–H groups in total. The van der Waals surface area contributed by atoms with Crippen molar-refractivity contribution in [2.24, 2.45) is 0 Å². The van der Waals surface area contributed by atoms with Crippen molar-refractivity contribution in [3.05, 3.63) is 29.9 Å². The lowest BCUT2D eigenvalue weighted by Gasteiger charge is -2.05. The molecule has 0 aromatic carbocycles. The lowest BCUT2D eigenvalue weighted by molar-refractivity contribution is 0.704. The van der Waals surface area contributed by atoms with Crippen molar-refractivity contribution in [1.29, 1.82) is 0 Å². The maximum Gasteiger partial charge on any atom is 0.112 e. The van der Waals surface area contributed by atoms with Gasteiger partial charge in [-0.15, -0.1) is 0 Å². The van der Waals surface area contributed by atoms with Crippen LogP contribution in [0.1, 0.15) is 33.0 Å². The van der Waals surface area contributed by atoms with Crippen molar-refractivity contribution in [1.82, 2.24) is 14.9 Å². The summed E-state index contributed by atoms with van der Waals surface area (Å²) < 4.78 is 2.20. The van der Waals surface area contributed by atoms with Gasteiger partial charge in [0.1, 0.15) is 5.82 Å². The van der Waals surface area contributed by atoms with E-state index in [4.69, 9.17) is 0 Å². The number of nitrogens with one attached hydrogen (secondary N) is 1. The molecule has 1 aromatic heterocycles. The zero-order chi connectivity index (χ0) is 11.8. The highest BCUT2D eigenvalue weighted by molar-refractivity contribution is 5.08. The van der Waals surface area contributed by atoms with Gasteiger partial charge in [0.2, 0.25) is 0 Å². The maximum atomic E-state index is 4.38. The molecule has 16 heavy (non-hydrogen) atoms. The Hall–Kier alpha value is -1.09. The first-order valence-corrected chi connectivity index (χ1v) is 6.14. The summed E-state index contributed by atoms with van der Waals surface area (Å²) in [6, 6.07) is 0. The van der Waals surface area contributed by atoms with Gasteiger partial charge in [-0.25, -0.2) is 4.98 Å². The lowest BCUT2D eigenvalue weighted by Crippen LogP contribution is -2.13. The number of allylic oxidation sites excluding steroid dienone is 1. The second kappa shape index (κ2) is 7.23. The molecule has 3 heteroatoms. The highest BCUT2D eigenvalue weighted by atomic mass is 15.0. The topological polar surface area (TPSA) is 29.9 Å². The van der Waals surface area contributed by atoms with Crippen LogP contribution in [0.25, 0.3) is 0 Å². The van der Waals surface area contributed by atoms with E-state index in [0.717, 1.165) is 32.5 Å². The quantitative estimate of drug-likeness (QED) is 0.566. The van der Waals surface area contributed by atoms with Crippen molar-refractivity contribution in [2.45, 2.75) is 40.2 Å². The Morgan fingerprint density at radius 1 is 1.50 bits per heavy atom. The number of hydrogen-bond donors (Lipinski definition) is 1. The smallest absolute Gasteiger partial charge is 0.112 e. The summed E-state index contributed by atoms with van der Waals surface area (Å²) in [7, 11) is 0. The predicted octanol–water partition coefficient (Wildman–Crippen LogP) is 2.39. The van der Waals surface area contributed by atoms with Crippen LogP contribution in [0.4, 0.5) is 0 Å². The van der Waals surface area contributed by atoms with E-state index in [-0.39, 0.29) is 0 Å². The van der Waals surface area contributed by atoms with Crippen molar-refractivity contribution >= 4 is 0 Å². The Labute approximate surface area is 98.6 Å². The van der Waals surface area contributed by atoms with Crippen LogP contribution in [-0.4, -0.2) is 22.6 Å². The molecule has 0 aliphatic heterocycles. The number of nitrogens with zero attached hydrogens (tertiary/aromatic N) is 2. The molecule has 1 heterocycles. The Bertz CT molecular complexity index is 326. The first kappa shape index (κ1) is 13.0. The van der Waals surface area contributed by atoms with Gasteiger partial charge >= 0.3 is 0 Å². The summed E-state index contributed by atoms with van der Waals surface area (Å²) in [6.07, 6.45) is 8.29. The number of aromatic nitrogens is 2. The molecule has 0 aliphatic carbocycles. The largest absolute Gasteiger partial charge is 0.335 e. The molecule has 90 valence electrons. The predicted molar refractivity (Wildman–Crippen MR) is 68.5 cm³/mol. The van der Waals surface area contributed by atoms with Gasteiger partial charge in [-0.2, -0.15) is 0 Å². The summed E-state index contributed by atoms with van der Waals surface area (Å²) >= 11 is 0. The minimum atomic E-state index is 0.965. The summed E-state index contributed by atoms with van der Waals surface area (Å²) in [6.45, 7) is 9.58. The monoisotopic (exact) mass is 221 g/mol. The molecule has 0 amide bonds. The molecule has 0 saturated carbocycles. The second-order valence-electron chi connectivity index (χ2n) is 4.00. The molecule has 0 aliphatic rings. The molecule has 0 unspecified atom stereocenters. The zero-order valence-corrected chi connectivity index (χ0v) is 10.7. The normalized spacial score (nSPS) is 12.1. The first-order chi connectivity index (χ1) is 7.77. The Balaban J connectivity index is 2.41. The van der Waals surface area contributed by atoms with Gasteiger partial charge in [0.05, 0.1) is 0 Å². The van der Waals surface area contributed by atoms with E-state index in [2.05, 4.69) is 41.7 Å². The molecule has 1 aromatic rings. The van der Waals surface area contributed by atoms with E-state index in [9.17, 15) is 0 Å². The number of imidazole rings is 1. The Morgan fingerprint density at radius 2 is 2.31 bits per heavy atom. The minimum Gasteiger partial charge on any atom is -0.335 e. The molecule has 0 spiro atoms. The van der Waals surface area contributed by atoms with E-state index in [0.29, 0.717) is 0 Å². The third-order valence-electron chi connectivity index (χ3n) is 2.64.